The number of nitrogens with zero attached hydrogens (tertiary/aromatic N) is 1. The normalized spacial score (nSPS) is 11.4. The maximum atomic E-state index is 12.3. The summed E-state index contributed by atoms with van der Waals surface area (Å²) in [6, 6.07) is 8.06. The molecular weight excluding hydrogens is 370 g/mol. The third-order valence-electron chi connectivity index (χ3n) is 5.45. The first kappa shape index (κ1) is 22.7. The number of hydrogen-bond donors (Lipinski definition) is 1. The maximum Gasteiger partial charge on any atom is 0.323 e. The second-order valence-electron chi connectivity index (χ2n) is 7.30. The molecule has 0 saturated carbocycles. The van der Waals surface area contributed by atoms with E-state index < -0.39 is 17.4 Å². The highest BCUT2D eigenvalue weighted by Gasteiger charge is 2.44. The average molecular weight is 402 g/mol. The molecule has 0 saturated heterocycles. The number of benzene rings is 1. The Morgan fingerprint density at radius 1 is 1.10 bits per heavy atom. The third-order valence-corrected chi connectivity index (χ3v) is 5.45. The van der Waals surface area contributed by atoms with Crippen LogP contribution in [0, 0.1) is 12.3 Å². The highest BCUT2D eigenvalue weighted by atomic mass is 16.5. The van der Waals surface area contributed by atoms with E-state index in [1.54, 1.807) is 13.8 Å². The highest BCUT2D eigenvalue weighted by molar-refractivity contribution is 5.99. The van der Waals surface area contributed by atoms with Crippen LogP contribution in [-0.4, -0.2) is 28.6 Å². The number of aryl methyl sites for hydroxylation is 3. The van der Waals surface area contributed by atoms with Gasteiger partial charge >= 0.3 is 11.9 Å². The molecule has 1 aromatic heterocycles. The van der Waals surface area contributed by atoms with Crippen LogP contribution < -0.4 is 0 Å². The molecule has 0 bridgehead atoms. The van der Waals surface area contributed by atoms with Gasteiger partial charge in [0.1, 0.15) is 5.76 Å². The number of ether oxygens (including phenoxy) is 1. The van der Waals surface area contributed by atoms with Gasteiger partial charge in [-0.05, 0) is 51.2 Å². The van der Waals surface area contributed by atoms with Crippen LogP contribution in [0.1, 0.15) is 63.5 Å². The number of oxazole rings is 1. The first-order chi connectivity index (χ1) is 13.9. The fourth-order valence-corrected chi connectivity index (χ4v) is 3.30. The van der Waals surface area contributed by atoms with Crippen molar-refractivity contribution >= 4 is 11.9 Å². The Balaban J connectivity index is 1.90. The number of rotatable bonds is 11. The Kier molecular flexibility index (Phi) is 8.00. The molecule has 0 spiro atoms. The zero-order chi connectivity index (χ0) is 21.4. The number of esters is 1. The minimum absolute atomic E-state index is 0.206. The van der Waals surface area contributed by atoms with E-state index in [0.717, 1.165) is 36.3 Å². The van der Waals surface area contributed by atoms with Gasteiger partial charge in [0.05, 0.1) is 12.3 Å². The Labute approximate surface area is 172 Å². The summed E-state index contributed by atoms with van der Waals surface area (Å²) < 4.78 is 11.2. The van der Waals surface area contributed by atoms with Crippen molar-refractivity contribution in [3.05, 3.63) is 41.3 Å². The van der Waals surface area contributed by atoms with Crippen molar-refractivity contribution in [1.29, 1.82) is 0 Å². The molecule has 0 aliphatic carbocycles. The average Bonchev–Trinajstić information content (AvgIpc) is 3.12. The number of carboxylic acids is 1. The second kappa shape index (κ2) is 10.2. The summed E-state index contributed by atoms with van der Waals surface area (Å²) in [5.41, 5.74) is 1.62. The molecule has 0 atom stereocenters. The van der Waals surface area contributed by atoms with E-state index in [9.17, 15) is 14.7 Å². The largest absolute Gasteiger partial charge is 0.480 e. The van der Waals surface area contributed by atoms with Crippen molar-refractivity contribution in [3.8, 4) is 11.5 Å². The van der Waals surface area contributed by atoms with Crippen molar-refractivity contribution in [2.45, 2.75) is 66.2 Å². The number of carbonyl (C=O) groups excluding carboxylic acids is 1. The van der Waals surface area contributed by atoms with Crippen molar-refractivity contribution in [1.82, 2.24) is 4.98 Å². The Morgan fingerprint density at radius 2 is 1.76 bits per heavy atom. The summed E-state index contributed by atoms with van der Waals surface area (Å²) in [5, 5.41) is 9.40. The topological polar surface area (TPSA) is 89.6 Å². The standard InChI is InChI=1S/C23H31NO5/c1-5-19-18(24-20(29-19)17-13-11-16(4)12-14-17)10-8-9-15-28-22(27)23(6-2,7-3)21(25)26/h11-14H,5-10,15H2,1-4H3,(H,25,26). The van der Waals surface area contributed by atoms with Crippen LogP contribution in [0.5, 0.6) is 0 Å². The summed E-state index contributed by atoms with van der Waals surface area (Å²) in [4.78, 5) is 28.4. The van der Waals surface area contributed by atoms with E-state index in [2.05, 4.69) is 4.98 Å². The molecule has 1 N–H and O–H groups in total. The molecule has 6 heteroatoms. The van der Waals surface area contributed by atoms with Crippen LogP contribution in [-0.2, 0) is 27.2 Å². The van der Waals surface area contributed by atoms with E-state index in [1.165, 1.54) is 5.56 Å². The van der Waals surface area contributed by atoms with Gasteiger partial charge in [-0.1, -0.05) is 38.5 Å². The molecule has 2 rings (SSSR count). The quantitative estimate of drug-likeness (QED) is 0.325. The fraction of sp³-hybridized carbons (Fsp3) is 0.522. The lowest BCUT2D eigenvalue weighted by Crippen LogP contribution is -2.39. The van der Waals surface area contributed by atoms with Crippen LogP contribution in [0.4, 0.5) is 0 Å². The lowest BCUT2D eigenvalue weighted by atomic mass is 9.82. The Bertz CT molecular complexity index is 818. The van der Waals surface area contributed by atoms with Gasteiger partial charge in [0.2, 0.25) is 5.89 Å². The predicted molar refractivity (Wildman–Crippen MR) is 111 cm³/mol. The van der Waals surface area contributed by atoms with Gasteiger partial charge in [-0.15, -0.1) is 0 Å². The number of aliphatic carboxylic acids is 1. The molecule has 158 valence electrons. The summed E-state index contributed by atoms with van der Waals surface area (Å²) >= 11 is 0. The molecule has 0 radical (unpaired) electrons. The second-order valence-corrected chi connectivity index (χ2v) is 7.30. The van der Waals surface area contributed by atoms with E-state index >= 15 is 0 Å². The first-order valence-electron chi connectivity index (χ1n) is 10.3. The van der Waals surface area contributed by atoms with Gasteiger partial charge in [-0.25, -0.2) is 4.98 Å². The minimum Gasteiger partial charge on any atom is -0.480 e. The Morgan fingerprint density at radius 3 is 2.31 bits per heavy atom. The van der Waals surface area contributed by atoms with E-state index in [-0.39, 0.29) is 19.4 Å². The molecule has 1 heterocycles. The monoisotopic (exact) mass is 401 g/mol. The van der Waals surface area contributed by atoms with Gasteiger partial charge in [0, 0.05) is 12.0 Å². The smallest absolute Gasteiger partial charge is 0.323 e. The lowest BCUT2D eigenvalue weighted by molar-refractivity contribution is -0.169. The fourth-order valence-electron chi connectivity index (χ4n) is 3.30. The molecule has 29 heavy (non-hydrogen) atoms. The predicted octanol–water partition coefficient (Wildman–Crippen LogP) is 4.97. The van der Waals surface area contributed by atoms with Crippen molar-refractivity contribution < 1.29 is 23.8 Å². The van der Waals surface area contributed by atoms with Crippen LogP contribution in [0.15, 0.2) is 28.7 Å². The van der Waals surface area contributed by atoms with Gasteiger partial charge < -0.3 is 14.3 Å². The zero-order valence-corrected chi connectivity index (χ0v) is 17.8. The minimum atomic E-state index is -1.44. The van der Waals surface area contributed by atoms with E-state index in [4.69, 9.17) is 9.15 Å². The van der Waals surface area contributed by atoms with Crippen LogP contribution >= 0.6 is 0 Å². The molecule has 0 fully saturated rings. The van der Waals surface area contributed by atoms with Gasteiger partial charge in [0.15, 0.2) is 5.41 Å². The van der Waals surface area contributed by atoms with Gasteiger partial charge in [-0.3, -0.25) is 9.59 Å². The molecule has 0 unspecified atom stereocenters. The molecule has 1 aromatic carbocycles. The van der Waals surface area contributed by atoms with E-state index in [1.807, 2.05) is 38.1 Å². The molecule has 2 aromatic rings. The number of hydrogen-bond acceptors (Lipinski definition) is 5. The number of carboxylic acid groups (broad SMARTS) is 1. The lowest BCUT2D eigenvalue weighted by Gasteiger charge is -2.24. The van der Waals surface area contributed by atoms with Crippen molar-refractivity contribution in [2.75, 3.05) is 6.61 Å². The number of aromatic nitrogens is 1. The molecule has 0 aliphatic rings. The van der Waals surface area contributed by atoms with Crippen molar-refractivity contribution in [2.24, 2.45) is 5.41 Å². The SMILES string of the molecule is CCc1oc(-c2ccc(C)cc2)nc1CCCCOC(=O)C(CC)(CC)C(=O)O. The van der Waals surface area contributed by atoms with Crippen LogP contribution in [0.2, 0.25) is 0 Å². The molecule has 6 nitrogen and oxygen atoms in total. The van der Waals surface area contributed by atoms with Gasteiger partial charge in [-0.2, -0.15) is 0 Å². The summed E-state index contributed by atoms with van der Waals surface area (Å²) in [6.45, 7) is 7.67. The van der Waals surface area contributed by atoms with Gasteiger partial charge in [0.25, 0.3) is 0 Å². The van der Waals surface area contributed by atoms with Crippen LogP contribution in [0.25, 0.3) is 11.5 Å². The summed E-state index contributed by atoms with van der Waals surface area (Å²) in [7, 11) is 0. The first-order valence-corrected chi connectivity index (χ1v) is 10.3. The number of unbranched alkanes of at least 4 members (excludes halogenated alkanes) is 1. The molecule has 0 amide bonds. The molecular formula is C23H31NO5. The molecule has 0 aliphatic heterocycles. The number of carbonyl (C=O) groups is 2. The third kappa shape index (κ3) is 5.25. The van der Waals surface area contributed by atoms with Crippen LogP contribution in [0.3, 0.4) is 0 Å². The maximum absolute atomic E-state index is 12.3. The van der Waals surface area contributed by atoms with Crippen molar-refractivity contribution in [3.63, 3.8) is 0 Å². The summed E-state index contributed by atoms with van der Waals surface area (Å²) in [5.74, 6) is -0.265. The Hall–Kier alpha value is -2.63. The highest BCUT2D eigenvalue weighted by Crippen LogP contribution is 2.29. The zero-order valence-electron chi connectivity index (χ0n) is 17.8. The summed E-state index contributed by atoms with van der Waals surface area (Å²) in [6.07, 6.45) is 3.35. The van der Waals surface area contributed by atoms with E-state index in [0.29, 0.717) is 12.3 Å².